The summed E-state index contributed by atoms with van der Waals surface area (Å²) in [6.07, 6.45) is 1.95. The average Bonchev–Trinajstić information content (AvgIpc) is 2.52. The van der Waals surface area contributed by atoms with E-state index in [0.29, 0.717) is 29.4 Å². The first-order valence-corrected chi connectivity index (χ1v) is 6.91. The monoisotopic (exact) mass is 297 g/mol. The van der Waals surface area contributed by atoms with E-state index >= 15 is 0 Å². The van der Waals surface area contributed by atoms with Crippen molar-refractivity contribution in [1.29, 1.82) is 0 Å². The summed E-state index contributed by atoms with van der Waals surface area (Å²) in [5.74, 6) is 0.987. The number of ether oxygens (including phenoxy) is 3. The normalized spacial score (nSPS) is 10.1. The molecule has 2 N–H and O–H groups in total. The maximum absolute atomic E-state index is 11.7. The molecule has 0 radical (unpaired) electrons. The van der Waals surface area contributed by atoms with Crippen LogP contribution in [0.2, 0.25) is 0 Å². The summed E-state index contributed by atoms with van der Waals surface area (Å²) in [4.78, 5) is 11.7. The van der Waals surface area contributed by atoms with Gasteiger partial charge in [-0.3, -0.25) is 4.79 Å². The maximum Gasteiger partial charge on any atom is 0.257 e. The fraction of sp³-hybridized carbons (Fsp3) is 0.533. The predicted molar refractivity (Wildman–Crippen MR) is 78.9 cm³/mol. The van der Waals surface area contributed by atoms with E-state index in [-0.39, 0.29) is 19.1 Å². The van der Waals surface area contributed by atoms with Gasteiger partial charge < -0.3 is 24.6 Å². The van der Waals surface area contributed by atoms with Crippen molar-refractivity contribution in [1.82, 2.24) is 5.32 Å². The third-order valence-electron chi connectivity index (χ3n) is 2.90. The highest BCUT2D eigenvalue weighted by Crippen LogP contribution is 2.38. The highest BCUT2D eigenvalue weighted by molar-refractivity contribution is 5.77. The molecular weight excluding hydrogens is 274 g/mol. The molecule has 0 atom stereocenters. The Balaban J connectivity index is 2.75. The summed E-state index contributed by atoms with van der Waals surface area (Å²) >= 11 is 0. The Morgan fingerprint density at radius 3 is 2.33 bits per heavy atom. The lowest BCUT2D eigenvalue weighted by molar-refractivity contribution is -0.123. The molecule has 21 heavy (non-hydrogen) atoms. The smallest absolute Gasteiger partial charge is 0.257 e. The zero-order valence-electron chi connectivity index (χ0n) is 12.8. The van der Waals surface area contributed by atoms with Crippen molar-refractivity contribution in [2.75, 3.05) is 27.4 Å². The molecule has 6 nitrogen and oxygen atoms in total. The van der Waals surface area contributed by atoms with Gasteiger partial charge in [0.1, 0.15) is 0 Å². The molecule has 0 aliphatic heterocycles. The predicted octanol–water partition coefficient (Wildman–Crippen LogP) is 1.49. The number of methoxy groups -OCH3 is 2. The molecule has 0 heterocycles. The lowest BCUT2D eigenvalue weighted by Crippen LogP contribution is -2.29. The van der Waals surface area contributed by atoms with Crippen LogP contribution in [-0.4, -0.2) is 38.4 Å². The number of hydrogen-bond donors (Lipinski definition) is 2. The number of unbranched alkanes of at least 4 members (excludes halogenated alkanes) is 1. The minimum atomic E-state index is -0.196. The first kappa shape index (κ1) is 17.1. The molecular formula is C15H23NO5. The van der Waals surface area contributed by atoms with Crippen molar-refractivity contribution in [3.63, 3.8) is 0 Å². The van der Waals surface area contributed by atoms with Crippen molar-refractivity contribution in [2.24, 2.45) is 0 Å². The van der Waals surface area contributed by atoms with Crippen LogP contribution < -0.4 is 19.5 Å². The van der Waals surface area contributed by atoms with Crippen LogP contribution >= 0.6 is 0 Å². The van der Waals surface area contributed by atoms with Crippen molar-refractivity contribution in [3.05, 3.63) is 17.7 Å². The van der Waals surface area contributed by atoms with Crippen LogP contribution in [0.15, 0.2) is 12.1 Å². The molecule has 0 saturated carbocycles. The summed E-state index contributed by atoms with van der Waals surface area (Å²) in [7, 11) is 2.98. The van der Waals surface area contributed by atoms with Gasteiger partial charge in [0.2, 0.25) is 5.75 Å². The molecule has 1 rings (SSSR count). The number of aliphatic hydroxyl groups excluding tert-OH is 1. The summed E-state index contributed by atoms with van der Waals surface area (Å²) < 4.78 is 15.9. The number of nitrogens with one attached hydrogen (secondary N) is 1. The third kappa shape index (κ3) is 5.15. The Kier molecular flexibility index (Phi) is 7.39. The van der Waals surface area contributed by atoms with Crippen LogP contribution in [0.3, 0.4) is 0 Å². The van der Waals surface area contributed by atoms with Gasteiger partial charge in [-0.15, -0.1) is 0 Å². The molecule has 0 unspecified atom stereocenters. The van der Waals surface area contributed by atoms with E-state index in [0.717, 1.165) is 12.8 Å². The SMILES string of the molecule is CCCCNC(=O)COc1c(OC)cc(CO)cc1OC. The second-order valence-corrected chi connectivity index (χ2v) is 4.48. The zero-order valence-corrected chi connectivity index (χ0v) is 12.8. The molecule has 0 aliphatic carbocycles. The fourth-order valence-corrected chi connectivity index (χ4v) is 1.76. The van der Waals surface area contributed by atoms with Gasteiger partial charge in [-0.25, -0.2) is 0 Å². The molecule has 0 aromatic heterocycles. The molecule has 1 aromatic carbocycles. The minimum absolute atomic E-state index is 0.116. The van der Waals surface area contributed by atoms with Crippen molar-refractivity contribution >= 4 is 5.91 Å². The van der Waals surface area contributed by atoms with E-state index in [1.54, 1.807) is 12.1 Å². The number of benzene rings is 1. The topological polar surface area (TPSA) is 77.0 Å². The number of rotatable bonds is 9. The summed E-state index contributed by atoms with van der Waals surface area (Å²) in [6.45, 7) is 2.44. The largest absolute Gasteiger partial charge is 0.493 e. The van der Waals surface area contributed by atoms with Gasteiger partial charge in [0.15, 0.2) is 18.1 Å². The third-order valence-corrected chi connectivity index (χ3v) is 2.90. The Bertz CT molecular complexity index is 436. The van der Waals surface area contributed by atoms with E-state index in [2.05, 4.69) is 12.2 Å². The van der Waals surface area contributed by atoms with Gasteiger partial charge in [0.25, 0.3) is 5.91 Å². The van der Waals surface area contributed by atoms with E-state index in [1.165, 1.54) is 14.2 Å². The number of aliphatic hydroxyl groups is 1. The highest BCUT2D eigenvalue weighted by Gasteiger charge is 2.15. The summed E-state index contributed by atoms with van der Waals surface area (Å²) in [5, 5.41) is 12.0. The Hall–Kier alpha value is -1.95. The zero-order chi connectivity index (χ0) is 15.7. The van der Waals surface area contributed by atoms with Crippen LogP contribution in [0.5, 0.6) is 17.2 Å². The van der Waals surface area contributed by atoms with Crippen molar-refractivity contribution < 1.29 is 24.1 Å². The Labute approximate surface area is 125 Å². The van der Waals surface area contributed by atoms with Crippen LogP contribution in [-0.2, 0) is 11.4 Å². The standard InChI is InChI=1S/C15H23NO5/c1-4-5-6-16-14(18)10-21-15-12(19-2)7-11(9-17)8-13(15)20-3/h7-8,17H,4-6,9-10H2,1-3H3,(H,16,18). The second-order valence-electron chi connectivity index (χ2n) is 4.48. The van der Waals surface area contributed by atoms with Crippen LogP contribution in [0.4, 0.5) is 0 Å². The number of carbonyl (C=O) groups is 1. The van der Waals surface area contributed by atoms with Gasteiger partial charge in [0, 0.05) is 6.54 Å². The van der Waals surface area contributed by atoms with Crippen molar-refractivity contribution in [3.8, 4) is 17.2 Å². The highest BCUT2D eigenvalue weighted by atomic mass is 16.5. The summed E-state index contributed by atoms with van der Waals surface area (Å²) in [5.41, 5.74) is 0.642. The van der Waals surface area contributed by atoms with Crippen LogP contribution in [0, 0.1) is 0 Å². The number of hydrogen-bond acceptors (Lipinski definition) is 5. The lowest BCUT2D eigenvalue weighted by atomic mass is 10.2. The van der Waals surface area contributed by atoms with Gasteiger partial charge in [-0.1, -0.05) is 13.3 Å². The first-order valence-electron chi connectivity index (χ1n) is 6.91. The van der Waals surface area contributed by atoms with E-state index in [9.17, 15) is 9.90 Å². The van der Waals surface area contributed by atoms with Crippen molar-refractivity contribution in [2.45, 2.75) is 26.4 Å². The first-order chi connectivity index (χ1) is 10.2. The number of carbonyl (C=O) groups excluding carboxylic acids is 1. The maximum atomic E-state index is 11.7. The molecule has 118 valence electrons. The molecule has 0 spiro atoms. The Morgan fingerprint density at radius 1 is 1.24 bits per heavy atom. The molecule has 0 saturated heterocycles. The van der Waals surface area contributed by atoms with Gasteiger partial charge in [0.05, 0.1) is 20.8 Å². The quantitative estimate of drug-likeness (QED) is 0.675. The average molecular weight is 297 g/mol. The molecule has 6 heteroatoms. The van der Waals surface area contributed by atoms with E-state index < -0.39 is 0 Å². The van der Waals surface area contributed by atoms with Gasteiger partial charge >= 0.3 is 0 Å². The van der Waals surface area contributed by atoms with Crippen LogP contribution in [0.1, 0.15) is 25.3 Å². The van der Waals surface area contributed by atoms with E-state index in [1.807, 2.05) is 0 Å². The minimum Gasteiger partial charge on any atom is -0.493 e. The molecule has 0 fully saturated rings. The Morgan fingerprint density at radius 2 is 1.86 bits per heavy atom. The molecule has 1 amide bonds. The van der Waals surface area contributed by atoms with Gasteiger partial charge in [-0.05, 0) is 24.1 Å². The number of amides is 1. The second kappa shape index (κ2) is 9.07. The van der Waals surface area contributed by atoms with Gasteiger partial charge in [-0.2, -0.15) is 0 Å². The summed E-state index contributed by atoms with van der Waals surface area (Å²) in [6, 6.07) is 3.29. The van der Waals surface area contributed by atoms with Crippen LogP contribution in [0.25, 0.3) is 0 Å². The molecule has 0 aliphatic rings. The fourth-order valence-electron chi connectivity index (χ4n) is 1.76. The molecule has 1 aromatic rings. The lowest BCUT2D eigenvalue weighted by Gasteiger charge is -2.15. The molecule has 0 bridgehead atoms. The van der Waals surface area contributed by atoms with E-state index in [4.69, 9.17) is 14.2 Å².